The minimum atomic E-state index is -0.620. The number of rotatable bonds is 1. The van der Waals surface area contributed by atoms with E-state index in [4.69, 9.17) is 5.26 Å². The van der Waals surface area contributed by atoms with Crippen LogP contribution >= 0.6 is 0 Å². The molecule has 1 aliphatic rings. The van der Waals surface area contributed by atoms with E-state index in [0.717, 1.165) is 12.2 Å². The molecule has 0 bridgehead atoms. The van der Waals surface area contributed by atoms with Gasteiger partial charge in [0.05, 0.1) is 11.3 Å². The number of hydrogen-bond donors (Lipinski definition) is 1. The van der Waals surface area contributed by atoms with Crippen LogP contribution in [0.2, 0.25) is 0 Å². The molecule has 88 valence electrons. The molecule has 0 spiro atoms. The Bertz CT molecular complexity index is 488. The Kier molecular flexibility index (Phi) is 2.76. The molecule has 1 heterocycles. The molecule has 4 heteroatoms. The topological polar surface area (TPSA) is 56.1 Å². The van der Waals surface area contributed by atoms with Gasteiger partial charge in [-0.05, 0) is 26.0 Å². The van der Waals surface area contributed by atoms with Crippen LogP contribution in [0.4, 0.5) is 5.69 Å². The number of carbonyl (C=O) groups excluding carboxylic acids is 1. The Morgan fingerprint density at radius 3 is 2.82 bits per heavy atom. The second-order valence-electron chi connectivity index (χ2n) is 4.60. The summed E-state index contributed by atoms with van der Waals surface area (Å²) in [4.78, 5) is 13.9. The molecule has 0 radical (unpaired) electrons. The van der Waals surface area contributed by atoms with Crippen LogP contribution in [0.5, 0.6) is 0 Å². The van der Waals surface area contributed by atoms with Crippen LogP contribution in [0.25, 0.3) is 0 Å². The lowest BCUT2D eigenvalue weighted by Gasteiger charge is -2.43. The molecule has 0 atom stereocenters. The van der Waals surface area contributed by atoms with Crippen LogP contribution in [0.15, 0.2) is 24.3 Å². The number of nitriles is 1. The first kappa shape index (κ1) is 11.5. The zero-order valence-corrected chi connectivity index (χ0v) is 10.0. The fraction of sp³-hybridized carbons (Fsp3) is 0.385. The van der Waals surface area contributed by atoms with Crippen LogP contribution in [0, 0.1) is 11.3 Å². The molecule has 17 heavy (non-hydrogen) atoms. The molecule has 1 aliphatic heterocycles. The third kappa shape index (κ3) is 1.84. The van der Waals surface area contributed by atoms with Crippen LogP contribution in [0.1, 0.15) is 19.4 Å². The van der Waals surface area contributed by atoms with Crippen molar-refractivity contribution >= 4 is 11.6 Å². The van der Waals surface area contributed by atoms with Gasteiger partial charge in [-0.1, -0.05) is 12.1 Å². The lowest BCUT2D eigenvalue weighted by molar-refractivity contribution is -0.126. The third-order valence-electron chi connectivity index (χ3n) is 3.17. The van der Waals surface area contributed by atoms with Gasteiger partial charge in [-0.25, -0.2) is 0 Å². The van der Waals surface area contributed by atoms with Crippen molar-refractivity contribution in [3.63, 3.8) is 0 Å². The highest BCUT2D eigenvalue weighted by Crippen LogP contribution is 2.28. The van der Waals surface area contributed by atoms with Gasteiger partial charge in [0.25, 0.3) is 0 Å². The summed E-state index contributed by atoms with van der Waals surface area (Å²) in [5, 5.41) is 12.0. The van der Waals surface area contributed by atoms with Crippen LogP contribution < -0.4 is 10.2 Å². The summed E-state index contributed by atoms with van der Waals surface area (Å²) < 4.78 is 0. The van der Waals surface area contributed by atoms with Crippen LogP contribution in [0.3, 0.4) is 0 Å². The number of hydrogen-bond acceptors (Lipinski definition) is 3. The number of nitrogens with zero attached hydrogens (tertiary/aromatic N) is 2. The van der Waals surface area contributed by atoms with Crippen molar-refractivity contribution in [1.29, 1.82) is 5.26 Å². The zero-order chi connectivity index (χ0) is 12.5. The summed E-state index contributed by atoms with van der Waals surface area (Å²) in [7, 11) is 0. The lowest BCUT2D eigenvalue weighted by Crippen LogP contribution is -2.62. The first-order chi connectivity index (χ1) is 8.07. The quantitative estimate of drug-likeness (QED) is 0.789. The van der Waals surface area contributed by atoms with Gasteiger partial charge in [-0.3, -0.25) is 4.79 Å². The number of piperazine rings is 1. The summed E-state index contributed by atoms with van der Waals surface area (Å²) in [6.45, 7) is 5.07. The standard InChI is InChI=1S/C13H15N3O/c1-13(2)12(17)15-7-8-16(13)11-6-4-3-5-10(11)9-14/h3-6H,7-8H2,1-2H3,(H,15,17). The SMILES string of the molecule is CC1(C)C(=O)NCCN1c1ccccc1C#N. The highest BCUT2D eigenvalue weighted by Gasteiger charge is 2.38. The smallest absolute Gasteiger partial charge is 0.245 e. The largest absolute Gasteiger partial charge is 0.355 e. The molecule has 0 unspecified atom stereocenters. The van der Waals surface area contributed by atoms with Crippen molar-refractivity contribution in [3.8, 4) is 6.07 Å². The molecule has 1 aromatic carbocycles. The van der Waals surface area contributed by atoms with E-state index in [1.807, 2.05) is 36.9 Å². The number of benzene rings is 1. The van der Waals surface area contributed by atoms with E-state index in [1.165, 1.54) is 0 Å². The number of para-hydroxylation sites is 1. The third-order valence-corrected chi connectivity index (χ3v) is 3.17. The van der Waals surface area contributed by atoms with Gasteiger partial charge in [0.1, 0.15) is 11.6 Å². The molecular weight excluding hydrogens is 214 g/mol. The number of amides is 1. The van der Waals surface area contributed by atoms with Crippen LogP contribution in [-0.4, -0.2) is 24.5 Å². The molecule has 1 N–H and O–H groups in total. The maximum Gasteiger partial charge on any atom is 0.245 e. The lowest BCUT2D eigenvalue weighted by atomic mass is 9.97. The summed E-state index contributed by atoms with van der Waals surface area (Å²) in [5.41, 5.74) is 0.815. The normalized spacial score (nSPS) is 18.4. The first-order valence-corrected chi connectivity index (χ1v) is 5.62. The second-order valence-corrected chi connectivity index (χ2v) is 4.60. The molecule has 1 aromatic rings. The molecule has 1 fully saturated rings. The van der Waals surface area contributed by atoms with E-state index in [0.29, 0.717) is 12.1 Å². The zero-order valence-electron chi connectivity index (χ0n) is 10.0. The van der Waals surface area contributed by atoms with Crippen molar-refractivity contribution < 1.29 is 4.79 Å². The Hall–Kier alpha value is -2.02. The molecule has 1 saturated heterocycles. The van der Waals surface area contributed by atoms with E-state index in [-0.39, 0.29) is 5.91 Å². The Labute approximate surface area is 101 Å². The average molecular weight is 229 g/mol. The Morgan fingerprint density at radius 2 is 2.12 bits per heavy atom. The number of anilines is 1. The van der Waals surface area contributed by atoms with E-state index < -0.39 is 5.54 Å². The van der Waals surface area contributed by atoms with Gasteiger partial charge in [0.2, 0.25) is 5.91 Å². The van der Waals surface area contributed by atoms with E-state index in [2.05, 4.69) is 11.4 Å². The molecule has 2 rings (SSSR count). The number of carbonyl (C=O) groups is 1. The fourth-order valence-corrected chi connectivity index (χ4v) is 2.12. The predicted molar refractivity (Wildman–Crippen MR) is 65.6 cm³/mol. The minimum absolute atomic E-state index is 0.00325. The summed E-state index contributed by atoms with van der Waals surface area (Å²) in [6, 6.07) is 9.56. The monoisotopic (exact) mass is 229 g/mol. The first-order valence-electron chi connectivity index (χ1n) is 5.62. The molecule has 0 aromatic heterocycles. The van der Waals surface area contributed by atoms with Crippen molar-refractivity contribution in [1.82, 2.24) is 5.32 Å². The molecule has 0 saturated carbocycles. The van der Waals surface area contributed by atoms with Crippen molar-refractivity contribution in [2.45, 2.75) is 19.4 Å². The highest BCUT2D eigenvalue weighted by molar-refractivity contribution is 5.90. The van der Waals surface area contributed by atoms with Gasteiger partial charge in [0, 0.05) is 13.1 Å². The Balaban J connectivity index is 2.46. The summed E-state index contributed by atoms with van der Waals surface area (Å²) in [5.74, 6) is -0.00325. The van der Waals surface area contributed by atoms with Crippen molar-refractivity contribution in [2.75, 3.05) is 18.0 Å². The maximum absolute atomic E-state index is 11.9. The summed E-state index contributed by atoms with van der Waals surface area (Å²) in [6.07, 6.45) is 0. The predicted octanol–water partition coefficient (Wildman–Crippen LogP) is 1.27. The van der Waals surface area contributed by atoms with E-state index in [1.54, 1.807) is 6.07 Å². The molecule has 1 amide bonds. The average Bonchev–Trinajstić information content (AvgIpc) is 2.33. The number of nitrogens with one attached hydrogen (secondary N) is 1. The summed E-state index contributed by atoms with van der Waals surface area (Å²) >= 11 is 0. The van der Waals surface area contributed by atoms with E-state index in [9.17, 15) is 4.79 Å². The fourth-order valence-electron chi connectivity index (χ4n) is 2.12. The van der Waals surface area contributed by atoms with E-state index >= 15 is 0 Å². The van der Waals surface area contributed by atoms with Gasteiger partial charge >= 0.3 is 0 Å². The molecule has 4 nitrogen and oxygen atoms in total. The minimum Gasteiger partial charge on any atom is -0.355 e. The van der Waals surface area contributed by atoms with Crippen molar-refractivity contribution in [3.05, 3.63) is 29.8 Å². The highest BCUT2D eigenvalue weighted by atomic mass is 16.2. The van der Waals surface area contributed by atoms with Gasteiger partial charge in [-0.2, -0.15) is 5.26 Å². The van der Waals surface area contributed by atoms with Crippen LogP contribution in [-0.2, 0) is 4.79 Å². The Morgan fingerprint density at radius 1 is 1.41 bits per heavy atom. The molecular formula is C13H15N3O. The second kappa shape index (κ2) is 4.10. The van der Waals surface area contributed by atoms with Crippen molar-refractivity contribution in [2.24, 2.45) is 0 Å². The van der Waals surface area contributed by atoms with Gasteiger partial charge in [0.15, 0.2) is 0 Å². The van der Waals surface area contributed by atoms with Gasteiger partial charge < -0.3 is 10.2 Å². The van der Waals surface area contributed by atoms with Gasteiger partial charge in [-0.15, -0.1) is 0 Å². The maximum atomic E-state index is 11.9. The molecule has 0 aliphatic carbocycles.